The first-order chi connectivity index (χ1) is 13.7. The van der Waals surface area contributed by atoms with Crippen molar-refractivity contribution >= 4 is 28.3 Å². The number of benzene rings is 1. The number of nitrogens with zero attached hydrogens (tertiary/aromatic N) is 4. The lowest BCUT2D eigenvalue weighted by molar-refractivity contribution is -0.130. The Kier molecular flexibility index (Phi) is 4.09. The Hall–Kier alpha value is -3.20. The minimum atomic E-state index is -0.524. The molecule has 1 fully saturated rings. The molecular formula is C19H16N4O4S. The second-order valence-electron chi connectivity index (χ2n) is 6.68. The van der Waals surface area contributed by atoms with Gasteiger partial charge in [-0.25, -0.2) is 4.79 Å². The van der Waals surface area contributed by atoms with Crippen LogP contribution in [0.5, 0.6) is 0 Å². The van der Waals surface area contributed by atoms with Crippen LogP contribution in [-0.2, 0) is 11.3 Å². The zero-order valence-corrected chi connectivity index (χ0v) is 15.6. The number of aromatic nitrogens is 3. The highest BCUT2D eigenvalue weighted by atomic mass is 32.1. The number of para-hydroxylation sites is 2. The maximum Gasteiger partial charge on any atom is 0.420 e. The molecule has 8 nitrogen and oxygen atoms in total. The Morgan fingerprint density at radius 3 is 3.00 bits per heavy atom. The summed E-state index contributed by atoms with van der Waals surface area (Å²) in [4.78, 5) is 32.0. The molecule has 4 aromatic rings. The van der Waals surface area contributed by atoms with E-state index in [0.29, 0.717) is 35.9 Å². The van der Waals surface area contributed by atoms with Gasteiger partial charge in [0.1, 0.15) is 6.54 Å². The number of rotatable bonds is 4. The number of hydrogen-bond donors (Lipinski definition) is 0. The average Bonchev–Trinajstić information content (AvgIpc) is 3.48. The number of thiophene rings is 1. The fourth-order valence-electron chi connectivity index (χ4n) is 3.50. The summed E-state index contributed by atoms with van der Waals surface area (Å²) in [5.41, 5.74) is 1.10. The minimum Gasteiger partial charge on any atom is -0.408 e. The van der Waals surface area contributed by atoms with Crippen LogP contribution in [0.3, 0.4) is 0 Å². The van der Waals surface area contributed by atoms with E-state index in [1.165, 1.54) is 15.9 Å². The van der Waals surface area contributed by atoms with Crippen LogP contribution in [0.4, 0.5) is 0 Å². The maximum atomic E-state index is 12.7. The van der Waals surface area contributed by atoms with Crippen molar-refractivity contribution in [3.05, 3.63) is 58.2 Å². The van der Waals surface area contributed by atoms with E-state index in [9.17, 15) is 9.59 Å². The van der Waals surface area contributed by atoms with Crippen LogP contribution in [0.25, 0.3) is 21.9 Å². The summed E-state index contributed by atoms with van der Waals surface area (Å²) in [6.07, 6.45) is 0.760. The van der Waals surface area contributed by atoms with Crippen molar-refractivity contribution in [2.75, 3.05) is 13.1 Å². The SMILES string of the molecule is O=C(Cn1c(=O)oc2ccccc21)N1CC[C@H](c2noc(-c3cccs3)n2)C1. The molecule has 0 saturated carbocycles. The Labute approximate surface area is 163 Å². The fourth-order valence-corrected chi connectivity index (χ4v) is 4.14. The molecule has 5 rings (SSSR count). The quantitative estimate of drug-likeness (QED) is 0.526. The van der Waals surface area contributed by atoms with E-state index in [0.717, 1.165) is 11.3 Å². The zero-order chi connectivity index (χ0) is 19.1. The Bertz CT molecular complexity index is 1190. The molecular weight excluding hydrogens is 380 g/mol. The first kappa shape index (κ1) is 16.9. The van der Waals surface area contributed by atoms with E-state index >= 15 is 0 Å². The monoisotopic (exact) mass is 396 g/mol. The lowest BCUT2D eigenvalue weighted by Gasteiger charge is -2.15. The average molecular weight is 396 g/mol. The second-order valence-corrected chi connectivity index (χ2v) is 7.63. The molecule has 28 heavy (non-hydrogen) atoms. The summed E-state index contributed by atoms with van der Waals surface area (Å²) < 4.78 is 11.9. The van der Waals surface area contributed by atoms with Gasteiger partial charge in [-0.1, -0.05) is 23.4 Å². The molecule has 1 amide bonds. The summed E-state index contributed by atoms with van der Waals surface area (Å²) in [5, 5.41) is 6.05. The highest BCUT2D eigenvalue weighted by molar-refractivity contribution is 7.13. The lowest BCUT2D eigenvalue weighted by atomic mass is 10.1. The number of carbonyl (C=O) groups excluding carboxylic acids is 1. The molecule has 4 heterocycles. The van der Waals surface area contributed by atoms with E-state index in [4.69, 9.17) is 8.94 Å². The molecule has 142 valence electrons. The van der Waals surface area contributed by atoms with Crippen LogP contribution in [0, 0.1) is 0 Å². The standard InChI is InChI=1S/C19H16N4O4S/c24-16(11-23-13-4-1-2-5-14(13)26-19(23)25)22-8-7-12(10-22)17-20-18(27-21-17)15-6-3-9-28-15/h1-6,9,12H,7-8,10-11H2/t12-/m0/s1. The minimum absolute atomic E-state index is 0.0271. The van der Waals surface area contributed by atoms with Gasteiger partial charge in [0.05, 0.1) is 10.4 Å². The zero-order valence-electron chi connectivity index (χ0n) is 14.8. The molecule has 0 radical (unpaired) electrons. The second kappa shape index (κ2) is 6.75. The topological polar surface area (TPSA) is 94.4 Å². The molecule has 0 bridgehead atoms. The van der Waals surface area contributed by atoms with Gasteiger partial charge in [-0.2, -0.15) is 4.98 Å². The van der Waals surface area contributed by atoms with Crippen LogP contribution in [0.1, 0.15) is 18.2 Å². The summed E-state index contributed by atoms with van der Waals surface area (Å²) >= 11 is 1.54. The molecule has 1 aromatic carbocycles. The number of likely N-dealkylation sites (tertiary alicyclic amines) is 1. The molecule has 0 spiro atoms. The number of carbonyl (C=O) groups is 1. The van der Waals surface area contributed by atoms with Crippen LogP contribution in [0.2, 0.25) is 0 Å². The van der Waals surface area contributed by atoms with Crippen molar-refractivity contribution in [3.63, 3.8) is 0 Å². The summed E-state index contributed by atoms with van der Waals surface area (Å²) in [7, 11) is 0. The largest absolute Gasteiger partial charge is 0.420 e. The van der Waals surface area contributed by atoms with Gasteiger partial charge in [0.25, 0.3) is 5.89 Å². The van der Waals surface area contributed by atoms with Crippen LogP contribution in [-0.4, -0.2) is 38.6 Å². The predicted molar refractivity (Wildman–Crippen MR) is 102 cm³/mol. The highest BCUT2D eigenvalue weighted by Crippen LogP contribution is 2.29. The number of hydrogen-bond acceptors (Lipinski definition) is 7. The summed E-state index contributed by atoms with van der Waals surface area (Å²) in [6, 6.07) is 10.9. The highest BCUT2D eigenvalue weighted by Gasteiger charge is 2.31. The van der Waals surface area contributed by atoms with Crippen molar-refractivity contribution in [1.82, 2.24) is 19.6 Å². The molecule has 1 aliphatic rings. The first-order valence-corrected chi connectivity index (χ1v) is 9.80. The van der Waals surface area contributed by atoms with E-state index in [-0.39, 0.29) is 18.4 Å². The van der Waals surface area contributed by atoms with E-state index in [2.05, 4.69) is 10.1 Å². The molecule has 3 aromatic heterocycles. The van der Waals surface area contributed by atoms with Gasteiger partial charge in [0.2, 0.25) is 5.91 Å². The van der Waals surface area contributed by atoms with E-state index < -0.39 is 5.76 Å². The summed E-state index contributed by atoms with van der Waals surface area (Å²) in [5.74, 6) is 0.497. The third-order valence-electron chi connectivity index (χ3n) is 4.95. The fraction of sp³-hybridized carbons (Fsp3) is 0.263. The van der Waals surface area contributed by atoms with Gasteiger partial charge in [0, 0.05) is 19.0 Å². The molecule has 1 aliphatic heterocycles. The summed E-state index contributed by atoms with van der Waals surface area (Å²) in [6.45, 7) is 1.05. The van der Waals surface area contributed by atoms with Crippen molar-refractivity contribution in [2.24, 2.45) is 0 Å². The van der Waals surface area contributed by atoms with Gasteiger partial charge in [-0.3, -0.25) is 9.36 Å². The van der Waals surface area contributed by atoms with Crippen molar-refractivity contribution < 1.29 is 13.7 Å². The Balaban J connectivity index is 1.30. The third-order valence-corrected chi connectivity index (χ3v) is 5.80. The maximum absolute atomic E-state index is 12.7. The predicted octanol–water partition coefficient (Wildman–Crippen LogP) is 2.72. The van der Waals surface area contributed by atoms with Gasteiger partial charge in [-0.05, 0) is 30.0 Å². The third kappa shape index (κ3) is 2.93. The molecule has 0 unspecified atom stereocenters. The van der Waals surface area contributed by atoms with Gasteiger partial charge in [0.15, 0.2) is 11.4 Å². The van der Waals surface area contributed by atoms with Gasteiger partial charge in [-0.15, -0.1) is 11.3 Å². The molecule has 1 saturated heterocycles. The van der Waals surface area contributed by atoms with Crippen LogP contribution >= 0.6 is 11.3 Å². The van der Waals surface area contributed by atoms with Crippen molar-refractivity contribution in [3.8, 4) is 10.8 Å². The molecule has 1 atom stereocenters. The number of amides is 1. The molecule has 0 N–H and O–H groups in total. The van der Waals surface area contributed by atoms with Crippen LogP contribution < -0.4 is 5.76 Å². The normalized spacial score (nSPS) is 16.9. The van der Waals surface area contributed by atoms with Gasteiger partial charge >= 0.3 is 5.76 Å². The number of fused-ring (bicyclic) bond motifs is 1. The Morgan fingerprint density at radius 2 is 2.14 bits per heavy atom. The molecule has 0 aliphatic carbocycles. The molecule has 9 heteroatoms. The van der Waals surface area contributed by atoms with Crippen molar-refractivity contribution in [1.29, 1.82) is 0 Å². The smallest absolute Gasteiger partial charge is 0.408 e. The van der Waals surface area contributed by atoms with Gasteiger partial charge < -0.3 is 13.8 Å². The van der Waals surface area contributed by atoms with E-state index in [1.54, 1.807) is 23.1 Å². The van der Waals surface area contributed by atoms with E-state index in [1.807, 2.05) is 23.6 Å². The number of oxazole rings is 1. The first-order valence-electron chi connectivity index (χ1n) is 8.92. The Morgan fingerprint density at radius 1 is 1.25 bits per heavy atom. The van der Waals surface area contributed by atoms with Crippen LogP contribution in [0.15, 0.2) is 55.5 Å². The van der Waals surface area contributed by atoms with Crippen molar-refractivity contribution in [2.45, 2.75) is 18.9 Å². The lowest BCUT2D eigenvalue weighted by Crippen LogP contribution is -2.34.